The Balaban J connectivity index is 1.72. The summed E-state index contributed by atoms with van der Waals surface area (Å²) in [4.78, 5) is 26.7. The second-order valence-electron chi connectivity index (χ2n) is 7.38. The van der Waals surface area contributed by atoms with Gasteiger partial charge in [0.15, 0.2) is 5.11 Å². The van der Waals surface area contributed by atoms with Crippen LogP contribution in [0.4, 0.5) is 5.00 Å². The molecule has 1 N–H and O–H groups in total. The Morgan fingerprint density at radius 1 is 1.00 bits per heavy atom. The number of rotatable bonds is 5. The largest absolute Gasteiger partial charge is 0.465 e. The first-order valence-electron chi connectivity index (χ1n) is 10.0. The van der Waals surface area contributed by atoms with Gasteiger partial charge in [-0.1, -0.05) is 17.7 Å². The van der Waals surface area contributed by atoms with Gasteiger partial charge in [0.2, 0.25) is 10.0 Å². The summed E-state index contributed by atoms with van der Waals surface area (Å²) < 4.78 is 36.9. The Morgan fingerprint density at radius 3 is 2.12 bits per heavy atom. The number of hydrogen-bond acceptors (Lipinski definition) is 8. The number of aryl methyl sites for hydroxylation is 1. The van der Waals surface area contributed by atoms with Crippen LogP contribution >= 0.6 is 23.6 Å². The molecular formula is C21H25N3O6S3. The number of ether oxygens (including phenoxy) is 2. The van der Waals surface area contributed by atoms with E-state index < -0.39 is 22.0 Å². The van der Waals surface area contributed by atoms with Gasteiger partial charge in [0.1, 0.15) is 9.88 Å². The highest BCUT2D eigenvalue weighted by Crippen LogP contribution is 2.34. The van der Waals surface area contributed by atoms with Crippen LogP contribution in [0.15, 0.2) is 29.2 Å². The van der Waals surface area contributed by atoms with Crippen molar-refractivity contribution in [3.63, 3.8) is 0 Å². The second-order valence-corrected chi connectivity index (χ2v) is 10.7. The SMILES string of the molecule is COC(=O)c1sc(NC(=S)N2CCN(S(=O)(=O)c3ccc(C)cc3)CC2)c(C(=O)OC)c1C. The van der Waals surface area contributed by atoms with E-state index in [1.54, 1.807) is 31.2 Å². The van der Waals surface area contributed by atoms with Crippen LogP contribution in [0, 0.1) is 13.8 Å². The van der Waals surface area contributed by atoms with E-state index in [1.165, 1.54) is 18.5 Å². The Kier molecular flexibility index (Phi) is 7.73. The molecule has 2 heterocycles. The molecule has 0 bridgehead atoms. The molecule has 1 fully saturated rings. The summed E-state index contributed by atoms with van der Waals surface area (Å²) in [5.74, 6) is -1.16. The predicted molar refractivity (Wildman–Crippen MR) is 129 cm³/mol. The number of carbonyl (C=O) groups is 2. The summed E-state index contributed by atoms with van der Waals surface area (Å²) in [6.45, 7) is 4.81. The third kappa shape index (κ3) is 5.18. The average Bonchev–Trinajstić information content (AvgIpc) is 3.13. The molecule has 1 aromatic carbocycles. The molecule has 1 aromatic heterocycles. The van der Waals surface area contributed by atoms with Crippen LogP contribution in [0.5, 0.6) is 0 Å². The van der Waals surface area contributed by atoms with Gasteiger partial charge in [-0.2, -0.15) is 4.31 Å². The number of piperazine rings is 1. The molecule has 0 spiro atoms. The Bertz CT molecular complexity index is 1170. The number of thiophene rings is 1. The first-order valence-corrected chi connectivity index (χ1v) is 12.7. The highest BCUT2D eigenvalue weighted by molar-refractivity contribution is 7.89. The predicted octanol–water partition coefficient (Wildman–Crippen LogP) is 2.64. The van der Waals surface area contributed by atoms with Crippen molar-refractivity contribution < 1.29 is 27.5 Å². The zero-order valence-corrected chi connectivity index (χ0v) is 21.2. The van der Waals surface area contributed by atoms with Crippen LogP contribution in [-0.2, 0) is 19.5 Å². The molecule has 0 aliphatic carbocycles. The topological polar surface area (TPSA) is 105 Å². The van der Waals surface area contributed by atoms with Crippen molar-refractivity contribution in [2.24, 2.45) is 0 Å². The first-order chi connectivity index (χ1) is 15.6. The molecule has 0 unspecified atom stereocenters. The lowest BCUT2D eigenvalue weighted by Crippen LogP contribution is -2.51. The van der Waals surface area contributed by atoms with Crippen molar-refractivity contribution in [3.8, 4) is 0 Å². The molecular weight excluding hydrogens is 486 g/mol. The molecule has 0 radical (unpaired) electrons. The van der Waals surface area contributed by atoms with Crippen molar-refractivity contribution in [1.82, 2.24) is 9.21 Å². The summed E-state index contributed by atoms with van der Waals surface area (Å²) in [7, 11) is -1.07. The van der Waals surface area contributed by atoms with Crippen molar-refractivity contribution >= 4 is 55.6 Å². The fraction of sp³-hybridized carbons (Fsp3) is 0.381. The molecule has 1 saturated heterocycles. The number of methoxy groups -OCH3 is 2. The number of esters is 2. The van der Waals surface area contributed by atoms with Crippen LogP contribution in [0.25, 0.3) is 0 Å². The van der Waals surface area contributed by atoms with Crippen LogP contribution in [0.2, 0.25) is 0 Å². The molecule has 3 rings (SSSR count). The number of nitrogens with one attached hydrogen (secondary N) is 1. The van der Waals surface area contributed by atoms with Gasteiger partial charge in [-0.3, -0.25) is 0 Å². The van der Waals surface area contributed by atoms with Gasteiger partial charge < -0.3 is 19.7 Å². The summed E-state index contributed by atoms with van der Waals surface area (Å²) >= 11 is 6.56. The maximum atomic E-state index is 12.9. The third-order valence-electron chi connectivity index (χ3n) is 5.31. The standard InChI is InChI=1S/C21H25N3O6S3/c1-13-5-7-15(8-6-13)33(27,28)24-11-9-23(10-12-24)21(31)22-18-16(19(25)29-3)14(2)17(32-18)20(26)30-4/h5-8H,9-12H2,1-4H3,(H,22,31). The normalized spacial score (nSPS) is 14.6. The highest BCUT2D eigenvalue weighted by atomic mass is 32.2. The smallest absolute Gasteiger partial charge is 0.348 e. The summed E-state index contributed by atoms with van der Waals surface area (Å²) in [5.41, 5.74) is 1.64. The van der Waals surface area contributed by atoms with Gasteiger partial charge in [0, 0.05) is 26.2 Å². The van der Waals surface area contributed by atoms with E-state index in [1.807, 2.05) is 11.8 Å². The lowest BCUT2D eigenvalue weighted by Gasteiger charge is -2.35. The van der Waals surface area contributed by atoms with E-state index in [-0.39, 0.29) is 28.4 Å². The second kappa shape index (κ2) is 10.2. The van der Waals surface area contributed by atoms with Crippen molar-refractivity contribution in [2.75, 3.05) is 45.7 Å². The minimum Gasteiger partial charge on any atom is -0.465 e. The highest BCUT2D eigenvalue weighted by Gasteiger charge is 2.31. The van der Waals surface area contributed by atoms with Gasteiger partial charge in [-0.25, -0.2) is 18.0 Å². The summed E-state index contributed by atoms with van der Waals surface area (Å²) in [5, 5.41) is 3.73. The number of carbonyl (C=O) groups excluding carboxylic acids is 2. The van der Waals surface area contributed by atoms with E-state index in [0.29, 0.717) is 28.8 Å². The molecule has 0 saturated carbocycles. The molecule has 2 aromatic rings. The number of hydrogen-bond donors (Lipinski definition) is 1. The van der Waals surface area contributed by atoms with Gasteiger partial charge in [-0.15, -0.1) is 11.3 Å². The van der Waals surface area contributed by atoms with Crippen molar-refractivity contribution in [2.45, 2.75) is 18.7 Å². The molecule has 0 atom stereocenters. The lowest BCUT2D eigenvalue weighted by atomic mass is 10.1. The van der Waals surface area contributed by atoms with Crippen LogP contribution < -0.4 is 5.32 Å². The monoisotopic (exact) mass is 511 g/mol. The van der Waals surface area contributed by atoms with E-state index in [2.05, 4.69) is 5.32 Å². The maximum absolute atomic E-state index is 12.9. The number of sulfonamides is 1. The summed E-state index contributed by atoms with van der Waals surface area (Å²) in [6, 6.07) is 6.75. The zero-order chi connectivity index (χ0) is 24.3. The van der Waals surface area contributed by atoms with Gasteiger partial charge in [0.05, 0.1) is 24.7 Å². The number of benzene rings is 1. The zero-order valence-electron chi connectivity index (χ0n) is 18.7. The van der Waals surface area contributed by atoms with Crippen LogP contribution in [0.1, 0.15) is 31.2 Å². The summed E-state index contributed by atoms with van der Waals surface area (Å²) in [6.07, 6.45) is 0. The van der Waals surface area contributed by atoms with E-state index in [4.69, 9.17) is 21.7 Å². The van der Waals surface area contributed by atoms with Crippen LogP contribution in [0.3, 0.4) is 0 Å². The van der Waals surface area contributed by atoms with E-state index in [0.717, 1.165) is 16.9 Å². The van der Waals surface area contributed by atoms with E-state index >= 15 is 0 Å². The molecule has 1 aliphatic rings. The Labute approximate surface area is 202 Å². The Morgan fingerprint density at radius 2 is 1.58 bits per heavy atom. The number of anilines is 1. The number of thiocarbonyl (C=S) groups is 1. The first kappa shape index (κ1) is 25.1. The van der Waals surface area contributed by atoms with Gasteiger partial charge in [0.25, 0.3) is 0 Å². The minimum atomic E-state index is -3.59. The van der Waals surface area contributed by atoms with Gasteiger partial charge in [-0.05, 0) is 43.8 Å². The van der Waals surface area contributed by atoms with Crippen LogP contribution in [-0.4, -0.2) is 75.1 Å². The molecule has 9 nitrogen and oxygen atoms in total. The number of nitrogens with zero attached hydrogens (tertiary/aromatic N) is 2. The Hall–Kier alpha value is -2.54. The van der Waals surface area contributed by atoms with Gasteiger partial charge >= 0.3 is 11.9 Å². The maximum Gasteiger partial charge on any atom is 0.348 e. The van der Waals surface area contributed by atoms with Crippen molar-refractivity contribution in [1.29, 1.82) is 0 Å². The fourth-order valence-electron chi connectivity index (χ4n) is 3.40. The third-order valence-corrected chi connectivity index (χ3v) is 8.77. The minimum absolute atomic E-state index is 0.214. The quantitative estimate of drug-likeness (QED) is 0.479. The molecule has 178 valence electrons. The van der Waals surface area contributed by atoms with Crippen molar-refractivity contribution in [3.05, 3.63) is 45.8 Å². The molecule has 12 heteroatoms. The molecule has 33 heavy (non-hydrogen) atoms. The lowest BCUT2D eigenvalue weighted by molar-refractivity contribution is 0.0601. The average molecular weight is 512 g/mol. The molecule has 0 amide bonds. The fourth-order valence-corrected chi connectivity index (χ4v) is 6.29. The van der Waals surface area contributed by atoms with E-state index in [9.17, 15) is 18.0 Å². The molecule has 1 aliphatic heterocycles.